The van der Waals surface area contributed by atoms with Gasteiger partial charge in [0.1, 0.15) is 11.6 Å². The van der Waals surface area contributed by atoms with Crippen molar-refractivity contribution >= 4 is 28.3 Å². The van der Waals surface area contributed by atoms with Crippen LogP contribution in [0.25, 0.3) is 11.0 Å². The van der Waals surface area contributed by atoms with Gasteiger partial charge in [-0.2, -0.15) is 0 Å². The number of benzene rings is 2. The maximum Gasteiger partial charge on any atom is 0.277 e. The van der Waals surface area contributed by atoms with Gasteiger partial charge >= 0.3 is 0 Å². The molecule has 0 bridgehead atoms. The first kappa shape index (κ1) is 17.9. The lowest BCUT2D eigenvalue weighted by Crippen LogP contribution is -2.26. The van der Waals surface area contributed by atoms with Crippen LogP contribution in [-0.4, -0.2) is 32.3 Å². The van der Waals surface area contributed by atoms with Crippen molar-refractivity contribution in [2.75, 3.05) is 6.54 Å². The highest BCUT2D eigenvalue weighted by Gasteiger charge is 2.19. The predicted octanol–water partition coefficient (Wildman–Crippen LogP) is 2.49. The minimum Gasteiger partial charge on any atom is -0.352 e. The van der Waals surface area contributed by atoms with Crippen LogP contribution >= 0.6 is 0 Å². The summed E-state index contributed by atoms with van der Waals surface area (Å²) in [5.74, 6) is -0.580. The first-order valence-corrected chi connectivity index (χ1v) is 7.70. The van der Waals surface area contributed by atoms with Crippen LogP contribution < -0.4 is 5.32 Å². The zero-order valence-corrected chi connectivity index (χ0v) is 13.6. The summed E-state index contributed by atoms with van der Waals surface area (Å²) in [6, 6.07) is 6.81. The van der Waals surface area contributed by atoms with Gasteiger partial charge in [-0.15, -0.1) is 0 Å². The summed E-state index contributed by atoms with van der Waals surface area (Å²) < 4.78 is 13.2. The number of nitrogens with zero attached hydrogens (tertiary/aromatic N) is 3. The average Bonchev–Trinajstić information content (AvgIpc) is 3.02. The van der Waals surface area contributed by atoms with Gasteiger partial charge in [0.05, 0.1) is 32.5 Å². The van der Waals surface area contributed by atoms with Crippen LogP contribution in [-0.2, 0) is 6.42 Å². The van der Waals surface area contributed by atoms with Crippen LogP contribution in [0.2, 0.25) is 0 Å². The molecule has 0 fully saturated rings. The van der Waals surface area contributed by atoms with E-state index in [1.165, 1.54) is 18.2 Å². The maximum atomic E-state index is 13.2. The van der Waals surface area contributed by atoms with E-state index >= 15 is 0 Å². The number of aromatic amines is 1. The van der Waals surface area contributed by atoms with E-state index in [-0.39, 0.29) is 12.1 Å². The molecule has 0 aliphatic heterocycles. The highest BCUT2D eigenvalue weighted by Crippen LogP contribution is 2.22. The van der Waals surface area contributed by atoms with E-state index in [1.54, 1.807) is 0 Å². The van der Waals surface area contributed by atoms with E-state index in [0.29, 0.717) is 23.3 Å². The monoisotopic (exact) mass is 373 g/mol. The Kier molecular flexibility index (Phi) is 4.75. The Balaban J connectivity index is 1.69. The Labute approximate surface area is 150 Å². The van der Waals surface area contributed by atoms with Crippen molar-refractivity contribution in [3.8, 4) is 0 Å². The molecule has 2 N–H and O–H groups in total. The molecule has 1 heterocycles. The van der Waals surface area contributed by atoms with Crippen molar-refractivity contribution in [1.29, 1.82) is 0 Å². The molecule has 27 heavy (non-hydrogen) atoms. The Morgan fingerprint density at radius 3 is 2.41 bits per heavy atom. The number of imidazole rings is 1. The van der Waals surface area contributed by atoms with E-state index in [1.807, 2.05) is 0 Å². The second-order valence-electron chi connectivity index (χ2n) is 5.60. The summed E-state index contributed by atoms with van der Waals surface area (Å²) in [5.41, 5.74) is -0.192. The molecule has 1 amide bonds. The van der Waals surface area contributed by atoms with Crippen LogP contribution in [0.3, 0.4) is 0 Å². The topological polar surface area (TPSA) is 144 Å². The van der Waals surface area contributed by atoms with Crippen molar-refractivity contribution in [3.05, 3.63) is 73.8 Å². The Morgan fingerprint density at radius 1 is 1.11 bits per heavy atom. The molecule has 11 heteroatoms. The van der Waals surface area contributed by atoms with E-state index in [2.05, 4.69) is 15.3 Å². The quantitative estimate of drug-likeness (QED) is 0.502. The molecule has 138 valence electrons. The number of halogens is 1. The van der Waals surface area contributed by atoms with Gasteiger partial charge in [0, 0.05) is 25.1 Å². The largest absolute Gasteiger partial charge is 0.352 e. The highest BCUT2D eigenvalue weighted by molar-refractivity contribution is 5.95. The number of hydrogen-bond acceptors (Lipinski definition) is 6. The summed E-state index contributed by atoms with van der Waals surface area (Å²) in [7, 11) is 0. The molecule has 0 atom stereocenters. The summed E-state index contributed by atoms with van der Waals surface area (Å²) in [6.07, 6.45) is 0.291. The van der Waals surface area contributed by atoms with Crippen molar-refractivity contribution in [3.63, 3.8) is 0 Å². The fraction of sp³-hybridized carbons (Fsp3) is 0.125. The lowest BCUT2D eigenvalue weighted by Gasteiger charge is -2.04. The first-order chi connectivity index (χ1) is 12.8. The normalized spacial score (nSPS) is 10.7. The lowest BCUT2D eigenvalue weighted by molar-refractivity contribution is -0.394. The SMILES string of the molecule is O=C(NCCc1nc2ccc(F)cc2[nH]1)c1cc([N+](=O)[O-])cc([N+](=O)[O-])c1. The third-order valence-electron chi connectivity index (χ3n) is 3.73. The fourth-order valence-electron chi connectivity index (χ4n) is 2.49. The van der Waals surface area contributed by atoms with E-state index in [9.17, 15) is 29.4 Å². The Morgan fingerprint density at radius 2 is 1.78 bits per heavy atom. The number of aromatic nitrogens is 2. The Bertz CT molecular complexity index is 1030. The molecule has 0 radical (unpaired) electrons. The van der Waals surface area contributed by atoms with Crippen LogP contribution in [0.15, 0.2) is 36.4 Å². The van der Waals surface area contributed by atoms with Crippen LogP contribution in [0, 0.1) is 26.0 Å². The van der Waals surface area contributed by atoms with Crippen molar-refractivity contribution < 1.29 is 19.0 Å². The second-order valence-corrected chi connectivity index (χ2v) is 5.60. The minimum atomic E-state index is -0.808. The molecule has 0 spiro atoms. The average molecular weight is 373 g/mol. The zero-order valence-electron chi connectivity index (χ0n) is 13.6. The number of fused-ring (bicyclic) bond motifs is 1. The van der Waals surface area contributed by atoms with Gasteiger partial charge in [0.25, 0.3) is 17.3 Å². The minimum absolute atomic E-state index is 0.123. The lowest BCUT2D eigenvalue weighted by atomic mass is 10.1. The Hall–Kier alpha value is -3.89. The summed E-state index contributed by atoms with van der Waals surface area (Å²) in [5, 5.41) is 24.3. The fourth-order valence-corrected chi connectivity index (χ4v) is 2.49. The molecule has 2 aromatic carbocycles. The molecule has 3 rings (SSSR count). The number of H-pyrrole nitrogens is 1. The van der Waals surface area contributed by atoms with Crippen LogP contribution in [0.4, 0.5) is 15.8 Å². The second kappa shape index (κ2) is 7.15. The molecular weight excluding hydrogens is 361 g/mol. The van der Waals surface area contributed by atoms with E-state index < -0.39 is 32.9 Å². The number of nitro benzene ring substituents is 2. The third kappa shape index (κ3) is 4.03. The van der Waals surface area contributed by atoms with Gasteiger partial charge in [0.2, 0.25) is 0 Å². The van der Waals surface area contributed by atoms with Gasteiger partial charge in [-0.05, 0) is 18.2 Å². The van der Waals surface area contributed by atoms with E-state index in [0.717, 1.165) is 18.2 Å². The number of carbonyl (C=O) groups excluding carboxylic acids is 1. The molecule has 0 aliphatic carbocycles. The summed E-state index contributed by atoms with van der Waals surface area (Å²) in [4.78, 5) is 39.5. The zero-order chi connectivity index (χ0) is 19.6. The van der Waals surface area contributed by atoms with E-state index in [4.69, 9.17) is 0 Å². The molecule has 1 aromatic heterocycles. The van der Waals surface area contributed by atoms with Crippen LogP contribution in [0.1, 0.15) is 16.2 Å². The summed E-state index contributed by atoms with van der Waals surface area (Å²) in [6.45, 7) is 0.123. The number of nitro groups is 2. The third-order valence-corrected chi connectivity index (χ3v) is 3.73. The number of hydrogen-bond donors (Lipinski definition) is 2. The number of rotatable bonds is 6. The van der Waals surface area contributed by atoms with Crippen molar-refractivity contribution in [2.24, 2.45) is 0 Å². The molecular formula is C16H12FN5O5. The molecule has 0 unspecified atom stereocenters. The van der Waals surface area contributed by atoms with Crippen molar-refractivity contribution in [1.82, 2.24) is 15.3 Å². The smallest absolute Gasteiger partial charge is 0.277 e. The molecule has 3 aromatic rings. The number of non-ortho nitro benzene ring substituents is 2. The summed E-state index contributed by atoms with van der Waals surface area (Å²) >= 11 is 0. The number of amides is 1. The number of carbonyl (C=O) groups is 1. The van der Waals surface area contributed by atoms with Gasteiger partial charge < -0.3 is 10.3 Å². The van der Waals surface area contributed by atoms with Crippen molar-refractivity contribution in [2.45, 2.75) is 6.42 Å². The van der Waals surface area contributed by atoms with Crippen LogP contribution in [0.5, 0.6) is 0 Å². The molecule has 10 nitrogen and oxygen atoms in total. The number of nitrogens with one attached hydrogen (secondary N) is 2. The molecule has 0 aliphatic rings. The van der Waals surface area contributed by atoms with Gasteiger partial charge in [-0.3, -0.25) is 25.0 Å². The predicted molar refractivity (Wildman–Crippen MR) is 91.8 cm³/mol. The highest BCUT2D eigenvalue weighted by atomic mass is 19.1. The molecule has 0 saturated heterocycles. The van der Waals surface area contributed by atoms with Gasteiger partial charge in [-0.1, -0.05) is 0 Å². The maximum absolute atomic E-state index is 13.2. The standard InChI is InChI=1S/C16H12FN5O5/c17-10-1-2-13-14(7-10)20-15(19-13)3-4-18-16(23)9-5-11(21(24)25)8-12(6-9)22(26)27/h1-2,5-8H,3-4H2,(H,18,23)(H,19,20). The molecule has 0 saturated carbocycles. The first-order valence-electron chi connectivity index (χ1n) is 7.70. The van der Waals surface area contributed by atoms with Gasteiger partial charge in [0.15, 0.2) is 0 Å². The van der Waals surface area contributed by atoms with Gasteiger partial charge in [-0.25, -0.2) is 9.37 Å².